The fraction of sp³-hybridized carbons (Fsp3) is 0.316. The molecular weight excluding hydrogens is 274 g/mol. The molecule has 116 valence electrons. The van der Waals surface area contributed by atoms with Crippen molar-refractivity contribution < 1.29 is 9.53 Å². The standard InChI is InChI=1S/C19H23NO2/c1-13-7-6-10-17(16(13)4)22-12-11-18(21)20-19-14(2)8-5-9-15(19)3/h5-10H,11-12H2,1-4H3,(H,20,21). The van der Waals surface area contributed by atoms with E-state index in [4.69, 9.17) is 4.74 Å². The Morgan fingerprint density at radius 3 is 2.23 bits per heavy atom. The average Bonchev–Trinajstić information content (AvgIpc) is 2.47. The van der Waals surface area contributed by atoms with Crippen LogP contribution in [-0.2, 0) is 4.79 Å². The first-order valence-corrected chi connectivity index (χ1v) is 7.54. The maximum absolute atomic E-state index is 12.1. The van der Waals surface area contributed by atoms with E-state index in [9.17, 15) is 4.79 Å². The molecule has 0 aliphatic heterocycles. The van der Waals surface area contributed by atoms with E-state index in [-0.39, 0.29) is 5.91 Å². The lowest BCUT2D eigenvalue weighted by Gasteiger charge is -2.13. The quantitative estimate of drug-likeness (QED) is 0.892. The van der Waals surface area contributed by atoms with Crippen LogP contribution in [0.1, 0.15) is 28.7 Å². The van der Waals surface area contributed by atoms with Crippen LogP contribution >= 0.6 is 0 Å². The van der Waals surface area contributed by atoms with Crippen molar-refractivity contribution in [2.75, 3.05) is 11.9 Å². The monoisotopic (exact) mass is 297 g/mol. The Kier molecular flexibility index (Phi) is 5.21. The molecule has 0 radical (unpaired) electrons. The van der Waals surface area contributed by atoms with Gasteiger partial charge in [0, 0.05) is 5.69 Å². The second-order valence-corrected chi connectivity index (χ2v) is 5.61. The van der Waals surface area contributed by atoms with Gasteiger partial charge >= 0.3 is 0 Å². The highest BCUT2D eigenvalue weighted by Gasteiger charge is 2.08. The molecule has 3 nitrogen and oxygen atoms in total. The summed E-state index contributed by atoms with van der Waals surface area (Å²) in [6, 6.07) is 11.9. The Balaban J connectivity index is 1.90. The van der Waals surface area contributed by atoms with Crippen LogP contribution in [-0.4, -0.2) is 12.5 Å². The summed E-state index contributed by atoms with van der Waals surface area (Å²) < 4.78 is 5.73. The Morgan fingerprint density at radius 2 is 1.55 bits per heavy atom. The molecule has 22 heavy (non-hydrogen) atoms. The fourth-order valence-corrected chi connectivity index (χ4v) is 2.35. The number of carbonyl (C=O) groups is 1. The van der Waals surface area contributed by atoms with Crippen LogP contribution < -0.4 is 10.1 Å². The molecule has 2 rings (SSSR count). The molecular formula is C19H23NO2. The number of nitrogens with one attached hydrogen (secondary N) is 1. The van der Waals surface area contributed by atoms with Gasteiger partial charge in [0.1, 0.15) is 5.75 Å². The van der Waals surface area contributed by atoms with Crippen molar-refractivity contribution in [1.82, 2.24) is 0 Å². The lowest BCUT2D eigenvalue weighted by atomic mass is 10.1. The lowest BCUT2D eigenvalue weighted by Crippen LogP contribution is -2.16. The minimum absolute atomic E-state index is 0.0253. The Morgan fingerprint density at radius 1 is 0.955 bits per heavy atom. The molecule has 0 atom stereocenters. The van der Waals surface area contributed by atoms with Crippen LogP contribution in [0.4, 0.5) is 5.69 Å². The van der Waals surface area contributed by atoms with Crippen molar-refractivity contribution in [1.29, 1.82) is 0 Å². The van der Waals surface area contributed by atoms with Gasteiger partial charge in [0.05, 0.1) is 13.0 Å². The van der Waals surface area contributed by atoms with Gasteiger partial charge in [-0.15, -0.1) is 0 Å². The maximum Gasteiger partial charge on any atom is 0.227 e. The molecule has 0 aliphatic carbocycles. The third kappa shape index (κ3) is 3.88. The minimum Gasteiger partial charge on any atom is -0.493 e. The number of amides is 1. The fourth-order valence-electron chi connectivity index (χ4n) is 2.35. The Labute approximate surface area is 132 Å². The molecule has 0 bridgehead atoms. The van der Waals surface area contributed by atoms with Gasteiger partial charge in [-0.05, 0) is 56.0 Å². The van der Waals surface area contributed by atoms with Crippen molar-refractivity contribution in [3.05, 3.63) is 58.7 Å². The maximum atomic E-state index is 12.1. The van der Waals surface area contributed by atoms with Gasteiger partial charge in [-0.1, -0.05) is 30.3 Å². The van der Waals surface area contributed by atoms with Crippen molar-refractivity contribution in [3.63, 3.8) is 0 Å². The number of ether oxygens (including phenoxy) is 1. The molecule has 2 aromatic carbocycles. The van der Waals surface area contributed by atoms with Crippen LogP contribution in [0.5, 0.6) is 5.75 Å². The van der Waals surface area contributed by atoms with Gasteiger partial charge in [0.2, 0.25) is 5.91 Å². The van der Waals surface area contributed by atoms with Crippen molar-refractivity contribution in [3.8, 4) is 5.75 Å². The number of para-hydroxylation sites is 1. The zero-order valence-electron chi connectivity index (χ0n) is 13.7. The van der Waals surface area contributed by atoms with Crippen LogP contribution in [0.3, 0.4) is 0 Å². The van der Waals surface area contributed by atoms with Crippen molar-refractivity contribution in [2.45, 2.75) is 34.1 Å². The van der Waals surface area contributed by atoms with E-state index in [2.05, 4.69) is 18.3 Å². The van der Waals surface area contributed by atoms with Gasteiger partial charge in [0.15, 0.2) is 0 Å². The van der Waals surface area contributed by atoms with E-state index in [1.54, 1.807) is 0 Å². The summed E-state index contributed by atoms with van der Waals surface area (Å²) in [5.74, 6) is 0.822. The largest absolute Gasteiger partial charge is 0.493 e. The van der Waals surface area contributed by atoms with Crippen LogP contribution in [0.25, 0.3) is 0 Å². The molecule has 0 aliphatic rings. The normalized spacial score (nSPS) is 10.4. The predicted molar refractivity (Wildman–Crippen MR) is 90.6 cm³/mol. The second-order valence-electron chi connectivity index (χ2n) is 5.61. The smallest absolute Gasteiger partial charge is 0.227 e. The van der Waals surface area contributed by atoms with Crippen LogP contribution in [0.15, 0.2) is 36.4 Å². The lowest BCUT2D eigenvalue weighted by molar-refractivity contribution is -0.116. The van der Waals surface area contributed by atoms with Gasteiger partial charge < -0.3 is 10.1 Å². The molecule has 3 heteroatoms. The van der Waals surface area contributed by atoms with Gasteiger partial charge in [-0.2, -0.15) is 0 Å². The topological polar surface area (TPSA) is 38.3 Å². The first-order valence-electron chi connectivity index (χ1n) is 7.54. The summed E-state index contributed by atoms with van der Waals surface area (Å²) >= 11 is 0. The highest BCUT2D eigenvalue weighted by molar-refractivity contribution is 5.92. The summed E-state index contributed by atoms with van der Waals surface area (Å²) in [6.45, 7) is 8.45. The number of hydrogen-bond donors (Lipinski definition) is 1. The number of hydrogen-bond acceptors (Lipinski definition) is 2. The zero-order valence-corrected chi connectivity index (χ0v) is 13.7. The predicted octanol–water partition coefficient (Wildman–Crippen LogP) is 4.33. The molecule has 0 saturated carbocycles. The van der Waals surface area contributed by atoms with Crippen LogP contribution in [0.2, 0.25) is 0 Å². The van der Waals surface area contributed by atoms with E-state index in [1.165, 1.54) is 5.56 Å². The highest BCUT2D eigenvalue weighted by atomic mass is 16.5. The number of aryl methyl sites for hydroxylation is 3. The molecule has 0 unspecified atom stereocenters. The first kappa shape index (κ1) is 16.1. The van der Waals surface area contributed by atoms with E-state index in [0.717, 1.165) is 28.1 Å². The highest BCUT2D eigenvalue weighted by Crippen LogP contribution is 2.21. The molecule has 2 aromatic rings. The molecule has 0 saturated heterocycles. The molecule has 0 heterocycles. The van der Waals surface area contributed by atoms with E-state index in [1.807, 2.05) is 51.1 Å². The SMILES string of the molecule is Cc1cccc(OCCC(=O)Nc2c(C)cccc2C)c1C. The minimum atomic E-state index is -0.0253. The number of anilines is 1. The Bertz CT molecular complexity index is 657. The number of carbonyl (C=O) groups excluding carboxylic acids is 1. The summed E-state index contributed by atoms with van der Waals surface area (Å²) in [5, 5.41) is 2.97. The summed E-state index contributed by atoms with van der Waals surface area (Å²) in [4.78, 5) is 12.1. The summed E-state index contributed by atoms with van der Waals surface area (Å²) in [5.41, 5.74) is 5.36. The summed E-state index contributed by atoms with van der Waals surface area (Å²) in [7, 11) is 0. The van der Waals surface area contributed by atoms with Crippen molar-refractivity contribution >= 4 is 11.6 Å². The van der Waals surface area contributed by atoms with Crippen LogP contribution in [0, 0.1) is 27.7 Å². The van der Waals surface area contributed by atoms with Gasteiger partial charge in [-0.3, -0.25) is 4.79 Å². The third-order valence-corrected chi connectivity index (χ3v) is 3.89. The molecule has 0 fully saturated rings. The number of rotatable bonds is 5. The first-order chi connectivity index (χ1) is 10.5. The summed E-state index contributed by atoms with van der Waals surface area (Å²) in [6.07, 6.45) is 0.334. The molecule has 0 spiro atoms. The van der Waals surface area contributed by atoms with E-state index >= 15 is 0 Å². The third-order valence-electron chi connectivity index (χ3n) is 3.89. The zero-order chi connectivity index (χ0) is 16.1. The molecule has 1 amide bonds. The van der Waals surface area contributed by atoms with Gasteiger partial charge in [-0.25, -0.2) is 0 Å². The second kappa shape index (κ2) is 7.12. The molecule has 0 aromatic heterocycles. The van der Waals surface area contributed by atoms with Crippen molar-refractivity contribution in [2.24, 2.45) is 0 Å². The average molecular weight is 297 g/mol. The molecule has 1 N–H and O–H groups in total. The van der Waals surface area contributed by atoms with Gasteiger partial charge in [0.25, 0.3) is 0 Å². The van der Waals surface area contributed by atoms with E-state index < -0.39 is 0 Å². The van der Waals surface area contributed by atoms with E-state index in [0.29, 0.717) is 13.0 Å². The Hall–Kier alpha value is -2.29. The number of benzene rings is 2.